The molecule has 4 nitrogen and oxygen atoms in total. The van der Waals surface area contributed by atoms with E-state index in [1.807, 2.05) is 38.1 Å². The second-order valence-electron chi connectivity index (χ2n) is 5.71. The molecule has 0 aliphatic rings. The number of rotatable bonds is 8. The van der Waals surface area contributed by atoms with Crippen LogP contribution in [0.15, 0.2) is 24.3 Å². The molecule has 1 aromatic rings. The Morgan fingerprint density at radius 1 is 1.24 bits per heavy atom. The molecule has 0 radical (unpaired) electrons. The van der Waals surface area contributed by atoms with Gasteiger partial charge >= 0.3 is 0 Å². The first kappa shape index (κ1) is 18.0. The number of benzene rings is 1. The zero-order valence-electron chi connectivity index (χ0n) is 13.6. The highest BCUT2D eigenvalue weighted by atomic mass is 32.2. The molecule has 21 heavy (non-hydrogen) atoms. The van der Waals surface area contributed by atoms with Crippen LogP contribution >= 0.6 is 0 Å². The van der Waals surface area contributed by atoms with Crippen LogP contribution in [-0.4, -0.2) is 32.6 Å². The lowest BCUT2D eigenvalue weighted by Gasteiger charge is -2.25. The van der Waals surface area contributed by atoms with Crippen molar-refractivity contribution < 1.29 is 13.2 Å². The monoisotopic (exact) mass is 313 g/mol. The molecule has 0 saturated heterocycles. The second kappa shape index (κ2) is 7.80. The summed E-state index contributed by atoms with van der Waals surface area (Å²) in [7, 11) is -3.12. The van der Waals surface area contributed by atoms with Gasteiger partial charge in [-0.3, -0.25) is 0 Å². The number of hydrogen-bond donors (Lipinski definition) is 1. The molecule has 2 atom stereocenters. The van der Waals surface area contributed by atoms with E-state index in [1.165, 1.54) is 6.26 Å². The van der Waals surface area contributed by atoms with Gasteiger partial charge in [0.25, 0.3) is 0 Å². The van der Waals surface area contributed by atoms with Crippen LogP contribution in [0, 0.1) is 0 Å². The third-order valence-electron chi connectivity index (χ3n) is 3.35. The SMILES string of the molecule is CCCNC(c1cccc(OC(C)C)c1)C(C)S(C)(=O)=O. The van der Waals surface area contributed by atoms with E-state index in [2.05, 4.69) is 12.2 Å². The van der Waals surface area contributed by atoms with Gasteiger partial charge in [-0.05, 0) is 51.4 Å². The van der Waals surface area contributed by atoms with Crippen molar-refractivity contribution in [2.24, 2.45) is 0 Å². The van der Waals surface area contributed by atoms with E-state index in [4.69, 9.17) is 4.74 Å². The maximum absolute atomic E-state index is 11.9. The van der Waals surface area contributed by atoms with E-state index >= 15 is 0 Å². The van der Waals surface area contributed by atoms with E-state index < -0.39 is 15.1 Å². The van der Waals surface area contributed by atoms with Crippen molar-refractivity contribution in [3.63, 3.8) is 0 Å². The summed E-state index contributed by atoms with van der Waals surface area (Å²) in [5, 5.41) is 2.85. The maximum atomic E-state index is 11.9. The highest BCUT2D eigenvalue weighted by molar-refractivity contribution is 7.91. The minimum absolute atomic E-state index is 0.0923. The van der Waals surface area contributed by atoms with Crippen LogP contribution in [0.4, 0.5) is 0 Å². The average Bonchev–Trinajstić information content (AvgIpc) is 2.37. The summed E-state index contributed by atoms with van der Waals surface area (Å²) in [4.78, 5) is 0. The first-order valence-corrected chi connectivity index (χ1v) is 9.40. The van der Waals surface area contributed by atoms with Crippen LogP contribution in [0.3, 0.4) is 0 Å². The van der Waals surface area contributed by atoms with Crippen molar-refractivity contribution in [2.45, 2.75) is 51.5 Å². The van der Waals surface area contributed by atoms with Crippen molar-refractivity contribution >= 4 is 9.84 Å². The fourth-order valence-electron chi connectivity index (χ4n) is 2.16. The fraction of sp³-hybridized carbons (Fsp3) is 0.625. The van der Waals surface area contributed by atoms with Crippen molar-refractivity contribution in [3.8, 4) is 5.75 Å². The first-order chi connectivity index (χ1) is 9.75. The third kappa shape index (κ3) is 5.67. The van der Waals surface area contributed by atoms with Gasteiger partial charge in [0.1, 0.15) is 5.75 Å². The Morgan fingerprint density at radius 2 is 1.90 bits per heavy atom. The van der Waals surface area contributed by atoms with Gasteiger partial charge in [-0.2, -0.15) is 0 Å². The molecule has 1 rings (SSSR count). The van der Waals surface area contributed by atoms with Gasteiger partial charge in [0, 0.05) is 12.3 Å². The lowest BCUT2D eigenvalue weighted by Crippen LogP contribution is -2.35. The summed E-state index contributed by atoms with van der Waals surface area (Å²) in [6, 6.07) is 7.45. The normalized spacial score (nSPS) is 15.0. The van der Waals surface area contributed by atoms with E-state index in [9.17, 15) is 8.42 Å². The van der Waals surface area contributed by atoms with E-state index in [1.54, 1.807) is 6.92 Å². The van der Waals surface area contributed by atoms with Gasteiger partial charge in [-0.25, -0.2) is 8.42 Å². The van der Waals surface area contributed by atoms with Crippen LogP contribution in [-0.2, 0) is 9.84 Å². The lowest BCUT2D eigenvalue weighted by molar-refractivity contribution is 0.242. The van der Waals surface area contributed by atoms with Gasteiger partial charge in [-0.15, -0.1) is 0 Å². The number of ether oxygens (including phenoxy) is 1. The quantitative estimate of drug-likeness (QED) is 0.801. The minimum atomic E-state index is -3.12. The summed E-state index contributed by atoms with van der Waals surface area (Å²) >= 11 is 0. The third-order valence-corrected chi connectivity index (χ3v) is 4.97. The number of nitrogens with one attached hydrogen (secondary N) is 1. The average molecular weight is 313 g/mol. The Kier molecular flexibility index (Phi) is 6.68. The van der Waals surface area contributed by atoms with Crippen LogP contribution in [0.2, 0.25) is 0 Å². The smallest absolute Gasteiger partial charge is 0.151 e. The zero-order chi connectivity index (χ0) is 16.0. The predicted octanol–water partition coefficient (Wildman–Crippen LogP) is 2.95. The summed E-state index contributed by atoms with van der Waals surface area (Å²) in [6.45, 7) is 8.53. The van der Waals surface area contributed by atoms with Crippen LogP contribution < -0.4 is 10.1 Å². The molecule has 2 unspecified atom stereocenters. The van der Waals surface area contributed by atoms with E-state index in [0.29, 0.717) is 0 Å². The largest absolute Gasteiger partial charge is 0.491 e. The molecule has 5 heteroatoms. The highest BCUT2D eigenvalue weighted by Crippen LogP contribution is 2.25. The molecular weight excluding hydrogens is 286 g/mol. The van der Waals surface area contributed by atoms with Gasteiger partial charge in [0.2, 0.25) is 0 Å². The van der Waals surface area contributed by atoms with Gasteiger partial charge in [0.15, 0.2) is 9.84 Å². The van der Waals surface area contributed by atoms with Crippen LogP contribution in [0.25, 0.3) is 0 Å². The predicted molar refractivity (Wildman–Crippen MR) is 87.5 cm³/mol. The Bertz CT molecular complexity index is 540. The summed E-state index contributed by atoms with van der Waals surface area (Å²) in [5.41, 5.74) is 0.944. The molecule has 0 aliphatic carbocycles. The van der Waals surface area contributed by atoms with Crippen molar-refractivity contribution in [2.75, 3.05) is 12.8 Å². The topological polar surface area (TPSA) is 55.4 Å². The zero-order valence-corrected chi connectivity index (χ0v) is 14.4. The molecule has 0 spiro atoms. The summed E-state index contributed by atoms with van der Waals surface area (Å²) < 4.78 is 29.5. The number of hydrogen-bond acceptors (Lipinski definition) is 4. The highest BCUT2D eigenvalue weighted by Gasteiger charge is 2.27. The Labute approximate surface area is 128 Å². The lowest BCUT2D eigenvalue weighted by atomic mass is 10.0. The van der Waals surface area contributed by atoms with E-state index in [-0.39, 0.29) is 12.1 Å². The van der Waals surface area contributed by atoms with Gasteiger partial charge < -0.3 is 10.1 Å². The summed E-state index contributed by atoms with van der Waals surface area (Å²) in [5.74, 6) is 0.770. The molecule has 0 amide bonds. The second-order valence-corrected chi connectivity index (χ2v) is 8.11. The molecule has 1 N–H and O–H groups in total. The van der Waals surface area contributed by atoms with E-state index in [0.717, 1.165) is 24.3 Å². The molecule has 0 bridgehead atoms. The van der Waals surface area contributed by atoms with Crippen molar-refractivity contribution in [1.29, 1.82) is 0 Å². The molecule has 0 saturated carbocycles. The molecule has 1 aromatic carbocycles. The Morgan fingerprint density at radius 3 is 2.43 bits per heavy atom. The molecule has 120 valence electrons. The Balaban J connectivity index is 3.08. The van der Waals surface area contributed by atoms with Crippen LogP contribution in [0.1, 0.15) is 45.7 Å². The molecule has 0 aliphatic heterocycles. The van der Waals surface area contributed by atoms with Gasteiger partial charge in [0.05, 0.1) is 11.4 Å². The fourth-order valence-corrected chi connectivity index (χ4v) is 2.90. The van der Waals surface area contributed by atoms with Crippen molar-refractivity contribution in [3.05, 3.63) is 29.8 Å². The van der Waals surface area contributed by atoms with Crippen LogP contribution in [0.5, 0.6) is 5.75 Å². The van der Waals surface area contributed by atoms with Crippen molar-refractivity contribution in [1.82, 2.24) is 5.32 Å². The summed E-state index contributed by atoms with van der Waals surface area (Å²) in [6.07, 6.45) is 2.33. The molecular formula is C16H27NO3S. The maximum Gasteiger partial charge on any atom is 0.151 e. The van der Waals surface area contributed by atoms with Gasteiger partial charge in [-0.1, -0.05) is 19.1 Å². The standard InChI is InChI=1S/C16H27NO3S/c1-6-10-17-16(13(4)21(5,18)19)14-8-7-9-15(11-14)20-12(2)3/h7-9,11-13,16-17H,6,10H2,1-5H3. The molecule has 0 fully saturated rings. The molecule has 0 aromatic heterocycles. The number of sulfone groups is 1. The Hall–Kier alpha value is -1.07. The molecule has 0 heterocycles. The minimum Gasteiger partial charge on any atom is -0.491 e. The first-order valence-electron chi connectivity index (χ1n) is 7.44.